The quantitative estimate of drug-likeness (QED) is 0.882. The van der Waals surface area contributed by atoms with E-state index >= 15 is 0 Å². The van der Waals surface area contributed by atoms with Gasteiger partial charge in [0.15, 0.2) is 0 Å². The van der Waals surface area contributed by atoms with Gasteiger partial charge in [-0.05, 0) is 61.8 Å². The molecule has 27 heavy (non-hydrogen) atoms. The van der Waals surface area contributed by atoms with Gasteiger partial charge in [0, 0.05) is 45.4 Å². The van der Waals surface area contributed by atoms with Crippen molar-refractivity contribution in [2.24, 2.45) is 5.41 Å². The molecule has 0 unspecified atom stereocenters. The van der Waals surface area contributed by atoms with Gasteiger partial charge in [-0.1, -0.05) is 6.07 Å². The molecule has 3 amide bonds. The number of methoxy groups -OCH3 is 1. The summed E-state index contributed by atoms with van der Waals surface area (Å²) in [7, 11) is 1.66. The molecule has 0 aliphatic carbocycles. The second-order valence-corrected chi connectivity index (χ2v) is 8.02. The van der Waals surface area contributed by atoms with Crippen LogP contribution < -0.4 is 5.32 Å². The lowest BCUT2D eigenvalue weighted by molar-refractivity contribution is -0.139. The molecule has 6 heteroatoms. The Morgan fingerprint density at radius 1 is 1.19 bits per heavy atom. The van der Waals surface area contributed by atoms with E-state index in [2.05, 4.69) is 19.2 Å². The van der Waals surface area contributed by atoms with Crippen LogP contribution in [0.3, 0.4) is 0 Å². The molecule has 0 atom stereocenters. The highest BCUT2D eigenvalue weighted by atomic mass is 16.5. The Labute approximate surface area is 161 Å². The Balaban J connectivity index is 1.55. The average molecular weight is 373 g/mol. The van der Waals surface area contributed by atoms with Crippen LogP contribution >= 0.6 is 0 Å². The minimum absolute atomic E-state index is 0.0313. The topological polar surface area (TPSA) is 61.9 Å². The summed E-state index contributed by atoms with van der Waals surface area (Å²) in [6.45, 7) is 7.62. The first kappa shape index (κ1) is 19.7. The number of piperidine rings is 2. The number of likely N-dealkylation sites (tertiary alicyclic amines) is 2. The van der Waals surface area contributed by atoms with Crippen molar-refractivity contribution in [1.82, 2.24) is 9.80 Å². The molecule has 1 aromatic rings. The van der Waals surface area contributed by atoms with E-state index in [4.69, 9.17) is 4.74 Å². The van der Waals surface area contributed by atoms with E-state index < -0.39 is 0 Å². The van der Waals surface area contributed by atoms with Crippen LogP contribution in [-0.4, -0.2) is 61.6 Å². The number of benzene rings is 1. The summed E-state index contributed by atoms with van der Waals surface area (Å²) < 4.78 is 5.13. The highest BCUT2D eigenvalue weighted by Crippen LogP contribution is 2.40. The standard InChI is InChI=1S/C21H31N3O3/c1-16-4-5-18(14-17(16)2)22-20(26)23-10-8-21(9-11-23)7-6-19(25)24(15-21)12-13-27-3/h4-5,14H,6-13,15H2,1-3H3,(H,22,26). The predicted molar refractivity (Wildman–Crippen MR) is 106 cm³/mol. The van der Waals surface area contributed by atoms with Crippen LogP contribution in [0.5, 0.6) is 0 Å². The van der Waals surface area contributed by atoms with Gasteiger partial charge >= 0.3 is 6.03 Å². The number of urea groups is 1. The van der Waals surface area contributed by atoms with Gasteiger partial charge < -0.3 is 19.9 Å². The molecular formula is C21H31N3O3. The molecule has 0 saturated carbocycles. The van der Waals surface area contributed by atoms with Crippen LogP contribution in [-0.2, 0) is 9.53 Å². The summed E-state index contributed by atoms with van der Waals surface area (Å²) in [4.78, 5) is 28.6. The van der Waals surface area contributed by atoms with Crippen molar-refractivity contribution in [2.45, 2.75) is 39.5 Å². The summed E-state index contributed by atoms with van der Waals surface area (Å²) in [6, 6.07) is 5.96. The summed E-state index contributed by atoms with van der Waals surface area (Å²) in [5.74, 6) is 0.229. The lowest BCUT2D eigenvalue weighted by Crippen LogP contribution is -2.53. The van der Waals surface area contributed by atoms with Gasteiger partial charge in [0.1, 0.15) is 0 Å². The molecule has 3 rings (SSSR count). The zero-order valence-corrected chi connectivity index (χ0v) is 16.7. The van der Waals surface area contributed by atoms with Crippen LogP contribution in [0.15, 0.2) is 18.2 Å². The number of rotatable bonds is 4. The van der Waals surface area contributed by atoms with Crippen LogP contribution in [0.2, 0.25) is 0 Å². The molecule has 0 bridgehead atoms. The van der Waals surface area contributed by atoms with Crippen LogP contribution in [0.4, 0.5) is 10.5 Å². The zero-order valence-electron chi connectivity index (χ0n) is 16.7. The van der Waals surface area contributed by atoms with Crippen LogP contribution in [0.25, 0.3) is 0 Å². The predicted octanol–water partition coefficient (Wildman–Crippen LogP) is 3.19. The average Bonchev–Trinajstić information content (AvgIpc) is 2.66. The highest BCUT2D eigenvalue weighted by Gasteiger charge is 2.41. The monoisotopic (exact) mass is 373 g/mol. The molecule has 2 aliphatic heterocycles. The van der Waals surface area contributed by atoms with E-state index in [9.17, 15) is 9.59 Å². The van der Waals surface area contributed by atoms with E-state index in [0.717, 1.165) is 44.6 Å². The first-order chi connectivity index (χ1) is 12.9. The fourth-order valence-corrected chi connectivity index (χ4v) is 4.12. The fourth-order valence-electron chi connectivity index (χ4n) is 4.12. The Hall–Kier alpha value is -2.08. The lowest BCUT2D eigenvalue weighted by Gasteiger charge is -2.47. The lowest BCUT2D eigenvalue weighted by atomic mass is 9.72. The molecule has 2 aliphatic rings. The molecule has 0 aromatic heterocycles. The Morgan fingerprint density at radius 3 is 2.59 bits per heavy atom. The van der Waals surface area contributed by atoms with Crippen molar-refractivity contribution in [2.75, 3.05) is 45.2 Å². The van der Waals surface area contributed by atoms with E-state index in [1.807, 2.05) is 28.0 Å². The normalized spacial score (nSPS) is 19.4. The van der Waals surface area contributed by atoms with Crippen LogP contribution in [0, 0.1) is 19.3 Å². The maximum Gasteiger partial charge on any atom is 0.321 e. The third-order valence-corrected chi connectivity index (χ3v) is 6.18. The summed E-state index contributed by atoms with van der Waals surface area (Å²) in [5, 5.41) is 3.02. The molecule has 1 N–H and O–H groups in total. The molecule has 1 aromatic carbocycles. The molecular weight excluding hydrogens is 342 g/mol. The zero-order chi connectivity index (χ0) is 19.4. The second-order valence-electron chi connectivity index (χ2n) is 8.02. The SMILES string of the molecule is COCCN1CC2(CCC1=O)CCN(C(=O)Nc1ccc(C)c(C)c1)CC2. The largest absolute Gasteiger partial charge is 0.383 e. The van der Waals surface area contributed by atoms with Crippen molar-refractivity contribution in [3.8, 4) is 0 Å². The first-order valence-corrected chi connectivity index (χ1v) is 9.82. The Morgan fingerprint density at radius 2 is 1.93 bits per heavy atom. The van der Waals surface area contributed by atoms with Gasteiger partial charge in [-0.25, -0.2) is 4.79 Å². The number of amides is 3. The Bertz CT molecular complexity index is 696. The maximum absolute atomic E-state index is 12.6. The number of nitrogens with one attached hydrogen (secondary N) is 1. The Kier molecular flexibility index (Phi) is 6.05. The smallest absolute Gasteiger partial charge is 0.321 e. The molecule has 0 radical (unpaired) electrons. The van der Waals surface area contributed by atoms with Crippen molar-refractivity contribution < 1.29 is 14.3 Å². The highest BCUT2D eigenvalue weighted by molar-refractivity contribution is 5.89. The molecule has 2 heterocycles. The number of anilines is 1. The maximum atomic E-state index is 12.6. The third-order valence-electron chi connectivity index (χ3n) is 6.18. The number of carbonyl (C=O) groups is 2. The number of aryl methyl sites for hydroxylation is 2. The van der Waals surface area contributed by atoms with Gasteiger partial charge in [-0.15, -0.1) is 0 Å². The third kappa shape index (κ3) is 4.61. The number of hydrogen-bond acceptors (Lipinski definition) is 3. The minimum atomic E-state index is -0.0313. The summed E-state index contributed by atoms with van der Waals surface area (Å²) >= 11 is 0. The number of nitrogens with zero attached hydrogens (tertiary/aromatic N) is 2. The van der Waals surface area contributed by atoms with E-state index in [1.165, 1.54) is 11.1 Å². The first-order valence-electron chi connectivity index (χ1n) is 9.82. The number of hydrogen-bond donors (Lipinski definition) is 1. The molecule has 2 fully saturated rings. The molecule has 2 saturated heterocycles. The van der Waals surface area contributed by atoms with Crippen molar-refractivity contribution in [1.29, 1.82) is 0 Å². The van der Waals surface area contributed by atoms with Crippen molar-refractivity contribution >= 4 is 17.6 Å². The molecule has 148 valence electrons. The van der Waals surface area contributed by atoms with E-state index in [1.54, 1.807) is 7.11 Å². The van der Waals surface area contributed by atoms with Gasteiger partial charge in [0.05, 0.1) is 6.61 Å². The van der Waals surface area contributed by atoms with E-state index in [0.29, 0.717) is 19.6 Å². The van der Waals surface area contributed by atoms with Gasteiger partial charge in [0.2, 0.25) is 5.91 Å². The van der Waals surface area contributed by atoms with E-state index in [-0.39, 0.29) is 17.4 Å². The number of carbonyl (C=O) groups excluding carboxylic acids is 2. The fraction of sp³-hybridized carbons (Fsp3) is 0.619. The van der Waals surface area contributed by atoms with Crippen molar-refractivity contribution in [3.05, 3.63) is 29.3 Å². The second kappa shape index (κ2) is 8.30. The van der Waals surface area contributed by atoms with Crippen molar-refractivity contribution in [3.63, 3.8) is 0 Å². The number of ether oxygens (including phenoxy) is 1. The minimum Gasteiger partial charge on any atom is -0.383 e. The van der Waals surface area contributed by atoms with Gasteiger partial charge in [-0.2, -0.15) is 0 Å². The molecule has 6 nitrogen and oxygen atoms in total. The van der Waals surface area contributed by atoms with Gasteiger partial charge in [-0.3, -0.25) is 4.79 Å². The molecule has 1 spiro atoms. The van der Waals surface area contributed by atoms with Crippen LogP contribution in [0.1, 0.15) is 36.8 Å². The summed E-state index contributed by atoms with van der Waals surface area (Å²) in [5.41, 5.74) is 3.39. The summed E-state index contributed by atoms with van der Waals surface area (Å²) in [6.07, 6.45) is 3.44. The van der Waals surface area contributed by atoms with Gasteiger partial charge in [0.25, 0.3) is 0 Å².